The fraction of sp³-hybridized carbons (Fsp3) is 0.100. The van der Waals surface area contributed by atoms with Crippen molar-refractivity contribution in [3.63, 3.8) is 0 Å². The van der Waals surface area contributed by atoms with Gasteiger partial charge in [-0.3, -0.25) is 0 Å². The zero-order chi connectivity index (χ0) is 10.1. The first-order valence-electron chi connectivity index (χ1n) is 4.13. The van der Waals surface area contributed by atoms with E-state index in [9.17, 15) is 8.78 Å². The molecule has 14 heavy (non-hydrogen) atoms. The summed E-state index contributed by atoms with van der Waals surface area (Å²) < 4.78 is 27.4. The summed E-state index contributed by atoms with van der Waals surface area (Å²) >= 11 is 0. The topological polar surface area (TPSA) is 17.8 Å². The van der Waals surface area contributed by atoms with Gasteiger partial charge in [-0.15, -0.1) is 0 Å². The van der Waals surface area contributed by atoms with Crippen LogP contribution in [0.15, 0.2) is 30.6 Å². The highest BCUT2D eigenvalue weighted by molar-refractivity contribution is 5.33. The number of rotatable bonds is 1. The second kappa shape index (κ2) is 3.21. The summed E-state index contributed by atoms with van der Waals surface area (Å²) in [6.07, 6.45) is 3.22. The minimum Gasteiger partial charge on any atom is -0.238 e. The molecule has 0 bridgehead atoms. The van der Waals surface area contributed by atoms with Crippen molar-refractivity contribution < 1.29 is 8.78 Å². The van der Waals surface area contributed by atoms with Gasteiger partial charge in [-0.25, -0.2) is 13.5 Å². The van der Waals surface area contributed by atoms with Gasteiger partial charge >= 0.3 is 0 Å². The van der Waals surface area contributed by atoms with Crippen LogP contribution in [0.3, 0.4) is 0 Å². The minimum atomic E-state index is -0.491. The molecule has 2 nitrogen and oxygen atoms in total. The van der Waals surface area contributed by atoms with Crippen molar-refractivity contribution in [2.75, 3.05) is 0 Å². The van der Waals surface area contributed by atoms with E-state index in [4.69, 9.17) is 0 Å². The molecular formula is C10H8F2N2. The number of hydrogen-bond acceptors (Lipinski definition) is 1. The first-order valence-corrected chi connectivity index (χ1v) is 4.13. The second-order valence-corrected chi connectivity index (χ2v) is 3.06. The summed E-state index contributed by atoms with van der Waals surface area (Å²) in [6, 6.07) is 3.28. The molecule has 0 saturated carbocycles. The molecule has 0 atom stereocenters. The highest BCUT2D eigenvalue weighted by atomic mass is 19.1. The molecule has 0 aliphatic carbocycles. The molecule has 2 aromatic rings. The van der Waals surface area contributed by atoms with E-state index in [-0.39, 0.29) is 5.69 Å². The Bertz CT molecular complexity index is 463. The molecule has 4 heteroatoms. The molecule has 0 fully saturated rings. The predicted octanol–water partition coefficient (Wildman–Crippen LogP) is 2.46. The summed E-state index contributed by atoms with van der Waals surface area (Å²) in [4.78, 5) is 0. The van der Waals surface area contributed by atoms with Gasteiger partial charge in [-0.1, -0.05) is 0 Å². The van der Waals surface area contributed by atoms with Crippen LogP contribution in [0.2, 0.25) is 0 Å². The molecule has 0 spiro atoms. The summed E-state index contributed by atoms with van der Waals surface area (Å²) in [5.41, 5.74) is 1.02. The second-order valence-electron chi connectivity index (χ2n) is 3.06. The molecule has 0 aliphatic heterocycles. The zero-order valence-electron chi connectivity index (χ0n) is 7.54. The highest BCUT2D eigenvalue weighted by Crippen LogP contribution is 2.14. The smallest absolute Gasteiger partial charge is 0.149 e. The van der Waals surface area contributed by atoms with Crippen LogP contribution in [0, 0.1) is 18.6 Å². The monoisotopic (exact) mass is 194 g/mol. The molecule has 1 aromatic heterocycles. The number of aromatic nitrogens is 2. The van der Waals surface area contributed by atoms with E-state index < -0.39 is 11.6 Å². The third-order valence-corrected chi connectivity index (χ3v) is 1.87. The maximum absolute atomic E-state index is 13.2. The Balaban J connectivity index is 2.55. The van der Waals surface area contributed by atoms with Gasteiger partial charge < -0.3 is 0 Å². The Labute approximate surface area is 79.8 Å². The fourth-order valence-corrected chi connectivity index (χ4v) is 1.21. The highest BCUT2D eigenvalue weighted by Gasteiger charge is 2.06. The first kappa shape index (κ1) is 8.87. The van der Waals surface area contributed by atoms with Crippen LogP contribution in [0.25, 0.3) is 5.69 Å². The van der Waals surface area contributed by atoms with Gasteiger partial charge in [0.1, 0.15) is 17.3 Å². The van der Waals surface area contributed by atoms with Crippen LogP contribution in [-0.2, 0) is 0 Å². The van der Waals surface area contributed by atoms with Crippen LogP contribution in [-0.4, -0.2) is 9.78 Å². The lowest BCUT2D eigenvalue weighted by Gasteiger charge is -2.02. The molecule has 2 rings (SSSR count). The third kappa shape index (κ3) is 1.51. The minimum absolute atomic E-state index is 0.123. The Kier molecular flexibility index (Phi) is 2.04. The fourth-order valence-electron chi connectivity index (χ4n) is 1.21. The van der Waals surface area contributed by atoms with Crippen molar-refractivity contribution in [2.45, 2.75) is 6.92 Å². The molecule has 0 radical (unpaired) electrons. The van der Waals surface area contributed by atoms with E-state index in [0.717, 1.165) is 23.8 Å². The van der Waals surface area contributed by atoms with Crippen molar-refractivity contribution in [1.82, 2.24) is 9.78 Å². The standard InChI is InChI=1S/C10H8F2N2/c1-7-5-13-14(6-7)10-4-8(11)2-3-9(10)12/h2-6H,1H3. The van der Waals surface area contributed by atoms with Crippen LogP contribution >= 0.6 is 0 Å². The van der Waals surface area contributed by atoms with E-state index in [0.29, 0.717) is 0 Å². The number of nitrogens with zero attached hydrogens (tertiary/aromatic N) is 2. The van der Waals surface area contributed by atoms with E-state index in [1.54, 1.807) is 12.4 Å². The lowest BCUT2D eigenvalue weighted by molar-refractivity contribution is 0.587. The lowest BCUT2D eigenvalue weighted by atomic mass is 10.3. The van der Waals surface area contributed by atoms with Gasteiger partial charge in [0.15, 0.2) is 0 Å². The zero-order valence-corrected chi connectivity index (χ0v) is 7.54. The maximum atomic E-state index is 13.2. The van der Waals surface area contributed by atoms with Crippen LogP contribution in [0.4, 0.5) is 8.78 Å². The Morgan fingerprint density at radius 3 is 2.71 bits per heavy atom. The van der Waals surface area contributed by atoms with Gasteiger partial charge in [0.25, 0.3) is 0 Å². The van der Waals surface area contributed by atoms with Crippen LogP contribution in [0.5, 0.6) is 0 Å². The summed E-state index contributed by atoms with van der Waals surface area (Å²) in [6.45, 7) is 1.83. The molecule has 0 aliphatic rings. The molecule has 0 saturated heterocycles. The predicted molar refractivity (Wildman–Crippen MR) is 48.2 cm³/mol. The van der Waals surface area contributed by atoms with Crippen molar-refractivity contribution >= 4 is 0 Å². The average Bonchev–Trinajstić information content (AvgIpc) is 2.56. The maximum Gasteiger partial charge on any atom is 0.149 e. The van der Waals surface area contributed by atoms with Gasteiger partial charge in [0.2, 0.25) is 0 Å². The first-order chi connectivity index (χ1) is 6.66. The molecular weight excluding hydrogens is 186 g/mol. The van der Waals surface area contributed by atoms with Crippen LogP contribution < -0.4 is 0 Å². The molecule has 1 heterocycles. The average molecular weight is 194 g/mol. The van der Waals surface area contributed by atoms with Crippen molar-refractivity contribution in [2.24, 2.45) is 0 Å². The van der Waals surface area contributed by atoms with Gasteiger partial charge in [-0.05, 0) is 24.6 Å². The largest absolute Gasteiger partial charge is 0.238 e. The van der Waals surface area contributed by atoms with E-state index in [1.165, 1.54) is 4.68 Å². The molecule has 1 aromatic carbocycles. The molecule has 0 amide bonds. The number of aryl methyl sites for hydroxylation is 1. The Morgan fingerprint density at radius 2 is 2.07 bits per heavy atom. The lowest BCUT2D eigenvalue weighted by Crippen LogP contribution is -1.98. The van der Waals surface area contributed by atoms with E-state index >= 15 is 0 Å². The normalized spacial score (nSPS) is 10.5. The summed E-state index contributed by atoms with van der Waals surface area (Å²) in [7, 11) is 0. The molecule has 72 valence electrons. The summed E-state index contributed by atoms with van der Waals surface area (Å²) in [5, 5.41) is 3.90. The quantitative estimate of drug-likeness (QED) is 0.681. The van der Waals surface area contributed by atoms with E-state index in [1.807, 2.05) is 6.92 Å². The van der Waals surface area contributed by atoms with Gasteiger partial charge in [0, 0.05) is 12.3 Å². The van der Waals surface area contributed by atoms with E-state index in [2.05, 4.69) is 5.10 Å². The molecule has 0 unspecified atom stereocenters. The molecule has 0 N–H and O–H groups in total. The van der Waals surface area contributed by atoms with Crippen molar-refractivity contribution in [3.8, 4) is 5.69 Å². The number of benzene rings is 1. The van der Waals surface area contributed by atoms with Crippen LogP contribution in [0.1, 0.15) is 5.56 Å². The SMILES string of the molecule is Cc1cnn(-c2cc(F)ccc2F)c1. The summed E-state index contributed by atoms with van der Waals surface area (Å²) in [5.74, 6) is -0.968. The number of hydrogen-bond donors (Lipinski definition) is 0. The van der Waals surface area contributed by atoms with Gasteiger partial charge in [-0.2, -0.15) is 5.10 Å². The number of halogens is 2. The van der Waals surface area contributed by atoms with Crippen molar-refractivity contribution in [1.29, 1.82) is 0 Å². The Morgan fingerprint density at radius 1 is 1.29 bits per heavy atom. The van der Waals surface area contributed by atoms with Gasteiger partial charge in [0.05, 0.1) is 6.20 Å². The Hall–Kier alpha value is -1.71. The van der Waals surface area contributed by atoms with Crippen molar-refractivity contribution in [3.05, 3.63) is 47.8 Å². The third-order valence-electron chi connectivity index (χ3n) is 1.87.